The number of carbonyl (C=O) groups is 2. The quantitative estimate of drug-likeness (QED) is 0.816. The molecule has 23 heavy (non-hydrogen) atoms. The van der Waals surface area contributed by atoms with E-state index in [0.29, 0.717) is 10.7 Å². The average molecular weight is 340 g/mol. The third-order valence-electron chi connectivity index (χ3n) is 4.00. The standard InChI is InChI=1S/C16H22ClN3O3/c1-19(16(23)10-20-8-4-5-12(20)11-21)9-15(22)18-14-7-3-2-6-13(14)17/h2-3,6-7,12,21H,4-5,8-11H2,1H3,(H,18,22)/t12-/m0/s1. The lowest BCUT2D eigenvalue weighted by Crippen LogP contribution is -2.44. The molecular weight excluding hydrogens is 318 g/mol. The van der Waals surface area contributed by atoms with Crippen molar-refractivity contribution in [2.75, 3.05) is 38.6 Å². The van der Waals surface area contributed by atoms with Crippen molar-refractivity contribution in [2.24, 2.45) is 0 Å². The van der Waals surface area contributed by atoms with Crippen LogP contribution in [0.4, 0.5) is 5.69 Å². The number of benzene rings is 1. The van der Waals surface area contributed by atoms with Gasteiger partial charge in [-0.2, -0.15) is 0 Å². The van der Waals surface area contributed by atoms with Crippen LogP contribution in [-0.4, -0.2) is 66.1 Å². The van der Waals surface area contributed by atoms with Crippen molar-refractivity contribution in [1.82, 2.24) is 9.80 Å². The SMILES string of the molecule is CN(CC(=O)Nc1ccccc1Cl)C(=O)CN1CCC[C@H]1CO. The number of hydrogen-bond donors (Lipinski definition) is 2. The van der Waals surface area contributed by atoms with Crippen molar-refractivity contribution in [3.63, 3.8) is 0 Å². The molecule has 1 aliphatic rings. The third kappa shape index (κ3) is 4.92. The van der Waals surface area contributed by atoms with Crippen molar-refractivity contribution in [2.45, 2.75) is 18.9 Å². The van der Waals surface area contributed by atoms with Crippen LogP contribution in [0.3, 0.4) is 0 Å². The Bertz CT molecular complexity index is 567. The van der Waals surface area contributed by atoms with Gasteiger partial charge in [0, 0.05) is 13.1 Å². The molecule has 0 bridgehead atoms. The maximum atomic E-state index is 12.2. The molecule has 0 radical (unpaired) electrons. The summed E-state index contributed by atoms with van der Waals surface area (Å²) < 4.78 is 0. The third-order valence-corrected chi connectivity index (χ3v) is 4.33. The number of hydrogen-bond acceptors (Lipinski definition) is 4. The Balaban J connectivity index is 1.83. The van der Waals surface area contributed by atoms with Crippen LogP contribution in [0, 0.1) is 0 Å². The minimum Gasteiger partial charge on any atom is -0.395 e. The molecule has 2 N–H and O–H groups in total. The first kappa shape index (κ1) is 17.7. The second kappa shape index (κ2) is 8.29. The van der Waals surface area contributed by atoms with Gasteiger partial charge in [-0.1, -0.05) is 23.7 Å². The fraction of sp³-hybridized carbons (Fsp3) is 0.500. The zero-order chi connectivity index (χ0) is 16.8. The zero-order valence-electron chi connectivity index (χ0n) is 13.2. The number of carbonyl (C=O) groups excluding carboxylic acids is 2. The number of likely N-dealkylation sites (tertiary alicyclic amines) is 1. The van der Waals surface area contributed by atoms with E-state index in [1.807, 2.05) is 4.90 Å². The number of aliphatic hydroxyl groups excluding tert-OH is 1. The zero-order valence-corrected chi connectivity index (χ0v) is 13.9. The van der Waals surface area contributed by atoms with Gasteiger partial charge in [-0.25, -0.2) is 0 Å². The van der Waals surface area contributed by atoms with Crippen LogP contribution in [0.15, 0.2) is 24.3 Å². The Labute approximate surface area is 141 Å². The molecule has 2 rings (SSSR count). The van der Waals surface area contributed by atoms with Gasteiger partial charge in [0.15, 0.2) is 0 Å². The van der Waals surface area contributed by atoms with E-state index in [1.54, 1.807) is 31.3 Å². The summed E-state index contributed by atoms with van der Waals surface area (Å²) in [5.74, 6) is -0.436. The molecule has 0 aliphatic carbocycles. The van der Waals surface area contributed by atoms with E-state index in [-0.39, 0.29) is 37.6 Å². The highest BCUT2D eigenvalue weighted by Crippen LogP contribution is 2.20. The van der Waals surface area contributed by atoms with Gasteiger partial charge in [-0.3, -0.25) is 14.5 Å². The summed E-state index contributed by atoms with van der Waals surface area (Å²) in [7, 11) is 1.60. The lowest BCUT2D eigenvalue weighted by molar-refractivity contribution is -0.134. The van der Waals surface area contributed by atoms with Gasteiger partial charge < -0.3 is 15.3 Å². The van der Waals surface area contributed by atoms with Crippen molar-refractivity contribution in [3.8, 4) is 0 Å². The first-order valence-corrected chi connectivity index (χ1v) is 8.02. The molecule has 1 aromatic carbocycles. The highest BCUT2D eigenvalue weighted by atomic mass is 35.5. The number of aliphatic hydroxyl groups is 1. The maximum absolute atomic E-state index is 12.2. The Hall–Kier alpha value is -1.63. The molecule has 0 saturated carbocycles. The smallest absolute Gasteiger partial charge is 0.244 e. The van der Waals surface area contributed by atoms with Crippen molar-refractivity contribution < 1.29 is 14.7 Å². The van der Waals surface area contributed by atoms with E-state index in [1.165, 1.54) is 4.90 Å². The molecule has 7 heteroatoms. The van der Waals surface area contributed by atoms with Crippen LogP contribution in [0.5, 0.6) is 0 Å². The van der Waals surface area contributed by atoms with E-state index in [0.717, 1.165) is 19.4 Å². The number of rotatable bonds is 6. The number of amides is 2. The number of nitrogens with zero attached hydrogens (tertiary/aromatic N) is 2. The van der Waals surface area contributed by atoms with Crippen LogP contribution in [0.2, 0.25) is 5.02 Å². The van der Waals surface area contributed by atoms with E-state index >= 15 is 0 Å². The van der Waals surface area contributed by atoms with Gasteiger partial charge in [0.25, 0.3) is 0 Å². The predicted molar refractivity (Wildman–Crippen MR) is 89.4 cm³/mol. The number of halogens is 1. The molecule has 2 amide bonds. The molecule has 1 fully saturated rings. The molecule has 1 aliphatic heterocycles. The van der Waals surface area contributed by atoms with Crippen LogP contribution < -0.4 is 5.32 Å². The molecule has 0 unspecified atom stereocenters. The number of anilines is 1. The van der Waals surface area contributed by atoms with Crippen molar-refractivity contribution >= 4 is 29.1 Å². The van der Waals surface area contributed by atoms with E-state index in [9.17, 15) is 14.7 Å². The van der Waals surface area contributed by atoms with Gasteiger partial charge in [-0.15, -0.1) is 0 Å². The fourth-order valence-corrected chi connectivity index (χ4v) is 2.84. The molecule has 0 spiro atoms. The predicted octanol–water partition coefficient (Wildman–Crippen LogP) is 1.19. The highest BCUT2D eigenvalue weighted by Gasteiger charge is 2.26. The summed E-state index contributed by atoms with van der Waals surface area (Å²) in [4.78, 5) is 27.6. The molecule has 6 nitrogen and oxygen atoms in total. The van der Waals surface area contributed by atoms with Gasteiger partial charge >= 0.3 is 0 Å². The molecule has 0 aromatic heterocycles. The minimum atomic E-state index is -0.297. The fourth-order valence-electron chi connectivity index (χ4n) is 2.66. The van der Waals surface area contributed by atoms with E-state index in [4.69, 9.17) is 11.6 Å². The van der Waals surface area contributed by atoms with Crippen LogP contribution >= 0.6 is 11.6 Å². The van der Waals surface area contributed by atoms with Crippen LogP contribution in [0.1, 0.15) is 12.8 Å². The maximum Gasteiger partial charge on any atom is 0.244 e. The van der Waals surface area contributed by atoms with E-state index < -0.39 is 0 Å². The molecule has 1 heterocycles. The summed E-state index contributed by atoms with van der Waals surface area (Å²) in [5, 5.41) is 12.4. The van der Waals surface area contributed by atoms with Crippen molar-refractivity contribution in [3.05, 3.63) is 29.3 Å². The normalized spacial score (nSPS) is 18.0. The topological polar surface area (TPSA) is 72.9 Å². The van der Waals surface area contributed by atoms with Crippen LogP contribution in [0.25, 0.3) is 0 Å². The second-order valence-corrected chi connectivity index (χ2v) is 6.13. The summed E-state index contributed by atoms with van der Waals surface area (Å²) in [6.07, 6.45) is 1.88. The van der Waals surface area contributed by atoms with Crippen molar-refractivity contribution in [1.29, 1.82) is 0 Å². The Morgan fingerprint density at radius 3 is 2.87 bits per heavy atom. The molecule has 1 atom stereocenters. The largest absolute Gasteiger partial charge is 0.395 e. The molecule has 1 aromatic rings. The molecule has 126 valence electrons. The minimum absolute atomic E-state index is 0.0400. The second-order valence-electron chi connectivity index (χ2n) is 5.73. The van der Waals surface area contributed by atoms with Gasteiger partial charge in [0.1, 0.15) is 0 Å². The summed E-state index contributed by atoms with van der Waals surface area (Å²) in [6, 6.07) is 7.00. The van der Waals surface area contributed by atoms with Gasteiger partial charge in [0.05, 0.1) is 30.4 Å². The number of likely N-dealkylation sites (N-methyl/N-ethyl adjacent to an activating group) is 1. The monoisotopic (exact) mass is 339 g/mol. The van der Waals surface area contributed by atoms with E-state index in [2.05, 4.69) is 5.32 Å². The highest BCUT2D eigenvalue weighted by molar-refractivity contribution is 6.33. The lowest BCUT2D eigenvalue weighted by Gasteiger charge is -2.25. The molecular formula is C16H22ClN3O3. The summed E-state index contributed by atoms with van der Waals surface area (Å²) in [6.45, 7) is 1.05. The lowest BCUT2D eigenvalue weighted by atomic mass is 10.2. The first-order valence-electron chi connectivity index (χ1n) is 7.64. The van der Waals surface area contributed by atoms with Gasteiger partial charge in [-0.05, 0) is 31.5 Å². The Kier molecular flexibility index (Phi) is 6.38. The summed E-state index contributed by atoms with van der Waals surface area (Å²) in [5.41, 5.74) is 0.528. The Morgan fingerprint density at radius 1 is 1.43 bits per heavy atom. The number of nitrogens with one attached hydrogen (secondary N) is 1. The molecule has 1 saturated heterocycles. The average Bonchev–Trinajstić information content (AvgIpc) is 2.96. The number of para-hydroxylation sites is 1. The van der Waals surface area contributed by atoms with Gasteiger partial charge in [0.2, 0.25) is 11.8 Å². The Morgan fingerprint density at radius 2 is 2.17 bits per heavy atom. The van der Waals surface area contributed by atoms with Crippen LogP contribution in [-0.2, 0) is 9.59 Å². The first-order chi connectivity index (χ1) is 11.0. The summed E-state index contributed by atoms with van der Waals surface area (Å²) >= 11 is 5.99.